The minimum atomic E-state index is -1.15. The highest BCUT2D eigenvalue weighted by atomic mass is 16.5. The fraction of sp³-hybridized carbons (Fsp3) is 0.720. The summed E-state index contributed by atoms with van der Waals surface area (Å²) in [5.41, 5.74) is 0.0124. The molecule has 6 atom stereocenters. The van der Waals surface area contributed by atoms with Crippen molar-refractivity contribution in [2.75, 3.05) is 13.7 Å². The zero-order valence-corrected chi connectivity index (χ0v) is 19.5. The van der Waals surface area contributed by atoms with Crippen molar-refractivity contribution >= 4 is 17.7 Å². The molecule has 1 aliphatic heterocycles. The Balaban J connectivity index is 1.81. The number of carbonyl (C=O) groups is 3. The third-order valence-corrected chi connectivity index (χ3v) is 8.95. The monoisotopic (exact) mass is 429 g/mol. The standard InChI is InChI=1S/C25H35NO5/c1-23(2,3)26-13-15-16-7-8-18(22(30)31-6)24(16,4)10-9-17(15)25(5)12-14(21(28)29)19(27)11-20(25)26/h11-12,15-18H,7-10,13H2,1-6H3,(H,28,29)/t15-,16-,17-,18+,24-,25+/m0/s1. The first-order chi connectivity index (χ1) is 14.3. The number of carboxylic acid groups (broad SMARTS) is 1. The zero-order chi connectivity index (χ0) is 22.9. The third kappa shape index (κ3) is 3.08. The van der Waals surface area contributed by atoms with Crippen LogP contribution in [0.3, 0.4) is 0 Å². The number of ketones is 1. The van der Waals surface area contributed by atoms with E-state index in [1.807, 2.05) is 0 Å². The van der Waals surface area contributed by atoms with Crippen LogP contribution < -0.4 is 0 Å². The molecule has 0 aromatic heterocycles. The fourth-order valence-corrected chi connectivity index (χ4v) is 7.40. The van der Waals surface area contributed by atoms with E-state index < -0.39 is 17.2 Å². The maximum atomic E-state index is 12.6. The van der Waals surface area contributed by atoms with Crippen molar-refractivity contribution < 1.29 is 24.2 Å². The summed E-state index contributed by atoms with van der Waals surface area (Å²) in [6.45, 7) is 11.6. The van der Waals surface area contributed by atoms with Gasteiger partial charge in [-0.05, 0) is 69.6 Å². The molecule has 3 fully saturated rings. The highest BCUT2D eigenvalue weighted by Crippen LogP contribution is 2.65. The largest absolute Gasteiger partial charge is 0.478 e. The first kappa shape index (κ1) is 22.1. The Kier molecular flexibility index (Phi) is 4.95. The van der Waals surface area contributed by atoms with Crippen LogP contribution in [-0.4, -0.2) is 46.9 Å². The minimum Gasteiger partial charge on any atom is -0.478 e. The molecule has 170 valence electrons. The molecule has 0 aromatic rings. The fourth-order valence-electron chi connectivity index (χ4n) is 7.40. The van der Waals surface area contributed by atoms with E-state index in [4.69, 9.17) is 4.74 Å². The lowest BCUT2D eigenvalue weighted by Gasteiger charge is -2.62. The third-order valence-electron chi connectivity index (χ3n) is 8.95. The average molecular weight is 430 g/mol. The molecule has 0 radical (unpaired) electrons. The van der Waals surface area contributed by atoms with Gasteiger partial charge in [0.15, 0.2) is 5.78 Å². The van der Waals surface area contributed by atoms with E-state index in [-0.39, 0.29) is 34.3 Å². The molecule has 31 heavy (non-hydrogen) atoms. The van der Waals surface area contributed by atoms with Crippen molar-refractivity contribution in [1.82, 2.24) is 4.90 Å². The molecule has 1 heterocycles. The van der Waals surface area contributed by atoms with Crippen LogP contribution in [0.1, 0.15) is 60.3 Å². The van der Waals surface area contributed by atoms with Gasteiger partial charge in [-0.15, -0.1) is 0 Å². The van der Waals surface area contributed by atoms with Crippen LogP contribution in [0.25, 0.3) is 0 Å². The van der Waals surface area contributed by atoms with E-state index in [0.717, 1.165) is 37.9 Å². The average Bonchev–Trinajstić information content (AvgIpc) is 3.03. The molecule has 4 aliphatic rings. The Morgan fingerprint density at radius 1 is 1.16 bits per heavy atom. The number of hydrogen-bond acceptors (Lipinski definition) is 5. The van der Waals surface area contributed by atoms with E-state index in [1.54, 1.807) is 12.2 Å². The van der Waals surface area contributed by atoms with Gasteiger partial charge < -0.3 is 14.7 Å². The summed E-state index contributed by atoms with van der Waals surface area (Å²) in [7, 11) is 1.47. The molecule has 6 nitrogen and oxygen atoms in total. The van der Waals surface area contributed by atoms with Crippen LogP contribution in [0.5, 0.6) is 0 Å². The number of piperidine rings is 1. The molecule has 0 unspecified atom stereocenters. The van der Waals surface area contributed by atoms with Gasteiger partial charge in [0.1, 0.15) is 5.57 Å². The van der Waals surface area contributed by atoms with E-state index in [9.17, 15) is 19.5 Å². The predicted octanol–water partition coefficient (Wildman–Crippen LogP) is 3.82. The van der Waals surface area contributed by atoms with Crippen LogP contribution in [0.4, 0.5) is 0 Å². The molecule has 1 N–H and O–H groups in total. The number of likely N-dealkylation sites (tertiary alicyclic amines) is 1. The van der Waals surface area contributed by atoms with Gasteiger partial charge in [-0.25, -0.2) is 4.79 Å². The summed E-state index contributed by atoms with van der Waals surface area (Å²) in [6.07, 6.45) is 6.97. The summed E-state index contributed by atoms with van der Waals surface area (Å²) in [4.78, 5) is 39.3. The van der Waals surface area contributed by atoms with Gasteiger partial charge in [0.25, 0.3) is 0 Å². The van der Waals surface area contributed by atoms with Crippen molar-refractivity contribution in [2.45, 2.75) is 65.8 Å². The van der Waals surface area contributed by atoms with Crippen molar-refractivity contribution in [2.24, 2.45) is 34.5 Å². The SMILES string of the molecule is COC(=O)[C@H]1CC[C@H]2[C@@H]3CN(C(C)(C)C)C4=CC(=O)C(C(=O)O)=C[C@]4(C)[C@H]3CC[C@]12C. The molecule has 0 spiro atoms. The second-order valence-corrected chi connectivity index (χ2v) is 11.4. The molecule has 1 saturated heterocycles. The molecule has 2 saturated carbocycles. The number of allylic oxidation sites excluding steroid dienone is 2. The van der Waals surface area contributed by atoms with Gasteiger partial charge in [0.2, 0.25) is 0 Å². The Labute approximate surface area is 184 Å². The van der Waals surface area contributed by atoms with Gasteiger partial charge in [-0.2, -0.15) is 0 Å². The number of esters is 1. The second-order valence-electron chi connectivity index (χ2n) is 11.4. The van der Waals surface area contributed by atoms with Crippen LogP contribution in [-0.2, 0) is 19.1 Å². The van der Waals surface area contributed by atoms with E-state index in [0.29, 0.717) is 11.8 Å². The minimum absolute atomic E-state index is 0.0747. The summed E-state index contributed by atoms with van der Waals surface area (Å²) in [6, 6.07) is 0. The second kappa shape index (κ2) is 6.94. The van der Waals surface area contributed by atoms with Crippen molar-refractivity contribution in [3.8, 4) is 0 Å². The van der Waals surface area contributed by atoms with E-state index in [1.165, 1.54) is 7.11 Å². The lowest BCUT2D eigenvalue weighted by Crippen LogP contribution is -2.61. The lowest BCUT2D eigenvalue weighted by atomic mass is 9.50. The number of aliphatic carboxylic acids is 1. The maximum absolute atomic E-state index is 12.6. The van der Waals surface area contributed by atoms with Gasteiger partial charge in [-0.3, -0.25) is 9.59 Å². The first-order valence-corrected chi connectivity index (χ1v) is 11.4. The number of carbonyl (C=O) groups excluding carboxylic acids is 2. The maximum Gasteiger partial charge on any atom is 0.339 e. The van der Waals surface area contributed by atoms with Crippen LogP contribution in [0.2, 0.25) is 0 Å². The summed E-state index contributed by atoms with van der Waals surface area (Å²) >= 11 is 0. The van der Waals surface area contributed by atoms with Crippen LogP contribution in [0, 0.1) is 34.5 Å². The Bertz CT molecular complexity index is 896. The summed E-state index contributed by atoms with van der Waals surface area (Å²) < 4.78 is 5.15. The van der Waals surface area contributed by atoms with Gasteiger partial charge in [-0.1, -0.05) is 19.9 Å². The zero-order valence-electron chi connectivity index (χ0n) is 19.5. The number of hydrogen-bond donors (Lipinski definition) is 1. The van der Waals surface area contributed by atoms with Crippen molar-refractivity contribution in [1.29, 1.82) is 0 Å². The first-order valence-electron chi connectivity index (χ1n) is 11.4. The van der Waals surface area contributed by atoms with E-state index >= 15 is 0 Å². The Hall–Kier alpha value is -2.11. The molecular formula is C25H35NO5. The number of nitrogens with zero attached hydrogens (tertiary/aromatic N) is 1. The smallest absolute Gasteiger partial charge is 0.339 e. The highest BCUT2D eigenvalue weighted by molar-refractivity contribution is 6.22. The van der Waals surface area contributed by atoms with Crippen molar-refractivity contribution in [3.63, 3.8) is 0 Å². The van der Waals surface area contributed by atoms with Gasteiger partial charge >= 0.3 is 11.9 Å². The lowest BCUT2D eigenvalue weighted by molar-refractivity contribution is -0.153. The van der Waals surface area contributed by atoms with Gasteiger partial charge in [0, 0.05) is 29.3 Å². The normalized spacial score (nSPS) is 39.7. The van der Waals surface area contributed by atoms with Gasteiger partial charge in [0.05, 0.1) is 13.0 Å². The van der Waals surface area contributed by atoms with Crippen molar-refractivity contribution in [3.05, 3.63) is 23.4 Å². The molecule has 4 rings (SSSR count). The number of rotatable bonds is 2. The molecule has 6 heteroatoms. The predicted molar refractivity (Wildman–Crippen MR) is 116 cm³/mol. The van der Waals surface area contributed by atoms with Crippen LogP contribution >= 0.6 is 0 Å². The number of carboxylic acids is 1. The Morgan fingerprint density at radius 2 is 1.84 bits per heavy atom. The molecule has 0 aromatic carbocycles. The highest BCUT2D eigenvalue weighted by Gasteiger charge is 2.62. The van der Waals surface area contributed by atoms with Crippen LogP contribution in [0.15, 0.2) is 23.4 Å². The topological polar surface area (TPSA) is 83.9 Å². The molecular weight excluding hydrogens is 394 g/mol. The quantitative estimate of drug-likeness (QED) is 0.531. The number of methoxy groups -OCH3 is 1. The number of ether oxygens (including phenoxy) is 1. The Morgan fingerprint density at radius 3 is 2.42 bits per heavy atom. The van der Waals surface area contributed by atoms with E-state index in [2.05, 4.69) is 39.5 Å². The summed E-state index contributed by atoms with van der Waals surface area (Å²) in [5.74, 6) is -0.802. The summed E-state index contributed by atoms with van der Waals surface area (Å²) in [5, 5.41) is 9.67. The number of fused-ring (bicyclic) bond motifs is 5. The molecule has 0 amide bonds. The molecule has 0 bridgehead atoms. The molecule has 3 aliphatic carbocycles.